The molecule has 0 fully saturated rings. The molecule has 1 aromatic heterocycles. The van der Waals surface area contributed by atoms with Crippen molar-refractivity contribution in [3.05, 3.63) is 30.7 Å². The predicted octanol–water partition coefficient (Wildman–Crippen LogP) is 2.88. The molecular formula is C14H23N3O. The molecule has 4 nitrogen and oxygen atoms in total. The number of aromatic nitrogens is 2. The first-order chi connectivity index (χ1) is 8.81. The Morgan fingerprint density at radius 1 is 1.50 bits per heavy atom. The van der Waals surface area contributed by atoms with Crippen molar-refractivity contribution < 1.29 is 4.74 Å². The summed E-state index contributed by atoms with van der Waals surface area (Å²) in [5.74, 6) is 0.618. The van der Waals surface area contributed by atoms with Gasteiger partial charge in [-0.25, -0.2) is 9.97 Å². The summed E-state index contributed by atoms with van der Waals surface area (Å²) in [6, 6.07) is 2.17. The zero-order valence-corrected chi connectivity index (χ0v) is 11.4. The predicted molar refractivity (Wildman–Crippen MR) is 73.7 cm³/mol. The molecule has 1 heterocycles. The molecule has 1 unspecified atom stereocenters. The van der Waals surface area contributed by atoms with Gasteiger partial charge in [-0.1, -0.05) is 13.0 Å². The number of nitrogens with zero attached hydrogens (tertiary/aromatic N) is 2. The van der Waals surface area contributed by atoms with Gasteiger partial charge in [0.1, 0.15) is 6.33 Å². The van der Waals surface area contributed by atoms with Crippen molar-refractivity contribution in [3.63, 3.8) is 0 Å². The number of allylic oxidation sites excluding steroid dienone is 1. The van der Waals surface area contributed by atoms with E-state index >= 15 is 0 Å². The van der Waals surface area contributed by atoms with Crippen molar-refractivity contribution in [1.82, 2.24) is 15.3 Å². The second kappa shape index (κ2) is 8.64. The van der Waals surface area contributed by atoms with Crippen LogP contribution in [0.3, 0.4) is 0 Å². The molecule has 18 heavy (non-hydrogen) atoms. The largest absolute Gasteiger partial charge is 0.481 e. The normalized spacial score (nSPS) is 12.1. The van der Waals surface area contributed by atoms with E-state index in [-0.39, 0.29) is 6.04 Å². The second-order valence-corrected chi connectivity index (χ2v) is 4.21. The molecule has 100 valence electrons. The summed E-state index contributed by atoms with van der Waals surface area (Å²) >= 11 is 0. The van der Waals surface area contributed by atoms with E-state index in [0.717, 1.165) is 37.9 Å². The maximum Gasteiger partial charge on any atom is 0.216 e. The number of unbranched alkanes of at least 4 members (excludes halogenated alkanes) is 1. The molecule has 0 saturated heterocycles. The van der Waals surface area contributed by atoms with Crippen LogP contribution in [0.15, 0.2) is 25.0 Å². The standard InChI is InChI=1S/C14H23N3O/c1-4-6-7-8-12(15-9-5-2)13-10-14(18-3)17-11-16-13/h4,10-12,15H,1,5-9H2,2-3H3. The van der Waals surface area contributed by atoms with Crippen LogP contribution in [-0.4, -0.2) is 23.6 Å². The van der Waals surface area contributed by atoms with Crippen LogP contribution < -0.4 is 10.1 Å². The Morgan fingerprint density at radius 3 is 3.00 bits per heavy atom. The molecular weight excluding hydrogens is 226 g/mol. The first-order valence-corrected chi connectivity index (χ1v) is 6.52. The highest BCUT2D eigenvalue weighted by Gasteiger charge is 2.12. The van der Waals surface area contributed by atoms with Gasteiger partial charge in [-0.2, -0.15) is 0 Å². The smallest absolute Gasteiger partial charge is 0.216 e. The molecule has 1 rings (SSSR count). The molecule has 0 saturated carbocycles. The summed E-state index contributed by atoms with van der Waals surface area (Å²) in [6.07, 6.45) is 7.82. The molecule has 0 bridgehead atoms. The number of hydrogen-bond donors (Lipinski definition) is 1. The Morgan fingerprint density at radius 2 is 2.33 bits per heavy atom. The minimum Gasteiger partial charge on any atom is -0.481 e. The van der Waals surface area contributed by atoms with Crippen LogP contribution in [-0.2, 0) is 0 Å². The summed E-state index contributed by atoms with van der Waals surface area (Å²) in [4.78, 5) is 8.38. The fourth-order valence-corrected chi connectivity index (χ4v) is 1.80. The van der Waals surface area contributed by atoms with E-state index in [9.17, 15) is 0 Å². The lowest BCUT2D eigenvalue weighted by molar-refractivity contribution is 0.392. The van der Waals surface area contributed by atoms with E-state index in [1.165, 1.54) is 0 Å². The maximum absolute atomic E-state index is 5.14. The zero-order chi connectivity index (χ0) is 13.2. The molecule has 0 aliphatic rings. The monoisotopic (exact) mass is 249 g/mol. The van der Waals surface area contributed by atoms with E-state index in [2.05, 4.69) is 28.8 Å². The van der Waals surface area contributed by atoms with Gasteiger partial charge >= 0.3 is 0 Å². The molecule has 4 heteroatoms. The number of hydrogen-bond acceptors (Lipinski definition) is 4. The van der Waals surface area contributed by atoms with Crippen molar-refractivity contribution >= 4 is 0 Å². The van der Waals surface area contributed by atoms with Gasteiger partial charge in [-0.15, -0.1) is 6.58 Å². The van der Waals surface area contributed by atoms with Crippen LogP contribution in [0.25, 0.3) is 0 Å². The van der Waals surface area contributed by atoms with Crippen LogP contribution in [0.4, 0.5) is 0 Å². The highest BCUT2D eigenvalue weighted by Crippen LogP contribution is 2.19. The number of rotatable bonds is 9. The van der Waals surface area contributed by atoms with Crippen LogP contribution >= 0.6 is 0 Å². The van der Waals surface area contributed by atoms with Crippen LogP contribution in [0.5, 0.6) is 5.88 Å². The second-order valence-electron chi connectivity index (χ2n) is 4.21. The third-order valence-electron chi connectivity index (χ3n) is 2.77. The lowest BCUT2D eigenvalue weighted by Gasteiger charge is -2.17. The topological polar surface area (TPSA) is 47.0 Å². The highest BCUT2D eigenvalue weighted by atomic mass is 16.5. The average Bonchev–Trinajstić information content (AvgIpc) is 2.42. The van der Waals surface area contributed by atoms with Crippen molar-refractivity contribution in [2.75, 3.05) is 13.7 Å². The quantitative estimate of drug-likeness (QED) is 0.540. The lowest BCUT2D eigenvalue weighted by Crippen LogP contribution is -2.23. The first kappa shape index (κ1) is 14.6. The third kappa shape index (κ3) is 4.84. The Kier molecular flexibility index (Phi) is 7.03. The summed E-state index contributed by atoms with van der Waals surface area (Å²) in [7, 11) is 1.62. The van der Waals surface area contributed by atoms with Gasteiger partial charge < -0.3 is 10.1 Å². The molecule has 0 aromatic carbocycles. The van der Waals surface area contributed by atoms with E-state index in [0.29, 0.717) is 5.88 Å². The fraction of sp³-hybridized carbons (Fsp3) is 0.571. The van der Waals surface area contributed by atoms with Gasteiger partial charge in [-0.05, 0) is 32.2 Å². The molecule has 0 radical (unpaired) electrons. The van der Waals surface area contributed by atoms with Crippen molar-refractivity contribution in [1.29, 1.82) is 0 Å². The van der Waals surface area contributed by atoms with Crippen LogP contribution in [0.2, 0.25) is 0 Å². The summed E-state index contributed by atoms with van der Waals surface area (Å²) in [5.41, 5.74) is 0.999. The van der Waals surface area contributed by atoms with E-state index in [1.54, 1.807) is 13.4 Å². The average molecular weight is 249 g/mol. The molecule has 0 spiro atoms. The Labute approximate surface area is 109 Å². The number of methoxy groups -OCH3 is 1. The van der Waals surface area contributed by atoms with Gasteiger partial charge in [0.2, 0.25) is 5.88 Å². The molecule has 0 amide bonds. The highest BCUT2D eigenvalue weighted by molar-refractivity contribution is 5.16. The molecule has 0 aliphatic carbocycles. The SMILES string of the molecule is C=CCCCC(NCCC)c1cc(OC)ncn1. The van der Waals surface area contributed by atoms with Crippen LogP contribution in [0, 0.1) is 0 Å². The van der Waals surface area contributed by atoms with Crippen LogP contribution in [0.1, 0.15) is 44.3 Å². The van der Waals surface area contributed by atoms with E-state index < -0.39 is 0 Å². The minimum absolute atomic E-state index is 0.266. The fourth-order valence-electron chi connectivity index (χ4n) is 1.80. The maximum atomic E-state index is 5.14. The van der Waals surface area contributed by atoms with Gasteiger partial charge in [-0.3, -0.25) is 0 Å². The summed E-state index contributed by atoms with van der Waals surface area (Å²) < 4.78 is 5.14. The molecule has 0 aliphatic heterocycles. The van der Waals surface area contributed by atoms with Gasteiger partial charge in [0, 0.05) is 12.1 Å². The van der Waals surface area contributed by atoms with Gasteiger partial charge in [0.25, 0.3) is 0 Å². The Bertz CT molecular complexity index is 355. The molecule has 1 atom stereocenters. The Balaban J connectivity index is 2.69. The zero-order valence-electron chi connectivity index (χ0n) is 11.4. The number of ether oxygens (including phenoxy) is 1. The number of nitrogens with one attached hydrogen (secondary N) is 1. The van der Waals surface area contributed by atoms with Gasteiger partial charge in [0.05, 0.1) is 12.8 Å². The minimum atomic E-state index is 0.266. The van der Waals surface area contributed by atoms with E-state index in [1.807, 2.05) is 12.1 Å². The molecule has 1 aromatic rings. The van der Waals surface area contributed by atoms with Gasteiger partial charge in [0.15, 0.2) is 0 Å². The first-order valence-electron chi connectivity index (χ1n) is 6.52. The lowest BCUT2D eigenvalue weighted by atomic mass is 10.1. The van der Waals surface area contributed by atoms with Crippen molar-refractivity contribution in [3.8, 4) is 5.88 Å². The van der Waals surface area contributed by atoms with E-state index in [4.69, 9.17) is 4.74 Å². The van der Waals surface area contributed by atoms with Crippen molar-refractivity contribution in [2.24, 2.45) is 0 Å². The third-order valence-corrected chi connectivity index (χ3v) is 2.77. The van der Waals surface area contributed by atoms with Crippen molar-refractivity contribution in [2.45, 2.75) is 38.6 Å². The molecule has 1 N–H and O–H groups in total. The Hall–Kier alpha value is -1.42. The summed E-state index contributed by atoms with van der Waals surface area (Å²) in [5, 5.41) is 3.52. The summed E-state index contributed by atoms with van der Waals surface area (Å²) in [6.45, 7) is 6.91.